The van der Waals surface area contributed by atoms with Gasteiger partial charge in [-0.3, -0.25) is 4.79 Å². The number of rotatable bonds is 4. The fourth-order valence-electron chi connectivity index (χ4n) is 3.32. The Kier molecular flexibility index (Phi) is 5.90. The van der Waals surface area contributed by atoms with Gasteiger partial charge in [-0.15, -0.1) is 13.2 Å². The molecular weight excluding hydrogens is 429 g/mol. The Bertz CT molecular complexity index is 1120. The van der Waals surface area contributed by atoms with E-state index in [1.54, 1.807) is 34.9 Å². The first-order valence-corrected chi connectivity index (χ1v) is 10.7. The number of aryl methyl sites for hydroxylation is 1. The van der Waals surface area contributed by atoms with Crippen molar-refractivity contribution in [2.24, 2.45) is 0 Å². The molecule has 0 spiro atoms. The highest BCUT2D eigenvalue weighted by Crippen LogP contribution is 2.32. The molecule has 1 aromatic carbocycles. The van der Waals surface area contributed by atoms with Crippen LogP contribution in [0.5, 0.6) is 5.75 Å². The molecule has 0 unspecified atom stereocenters. The summed E-state index contributed by atoms with van der Waals surface area (Å²) < 4.78 is 41.8. The fourth-order valence-corrected chi connectivity index (χ4v) is 4.22. The van der Waals surface area contributed by atoms with Gasteiger partial charge in [-0.25, -0.2) is 9.97 Å². The number of aromatic nitrogens is 2. The number of hydrogen-bond donors (Lipinski definition) is 1. The minimum atomic E-state index is -4.79. The smallest absolute Gasteiger partial charge is 0.406 e. The van der Waals surface area contributed by atoms with Crippen molar-refractivity contribution in [3.63, 3.8) is 0 Å². The Morgan fingerprint density at radius 2 is 1.97 bits per heavy atom. The SMILES string of the molecule is Cc1ccc2c(Nc3cccc(OC(F)(F)F)c3)c(C(=O)N3CCSCC3)cnc2n1. The van der Waals surface area contributed by atoms with E-state index in [0.29, 0.717) is 41.1 Å². The number of thioether (sulfide) groups is 1. The zero-order chi connectivity index (χ0) is 22.0. The predicted molar refractivity (Wildman–Crippen MR) is 114 cm³/mol. The first-order chi connectivity index (χ1) is 14.8. The van der Waals surface area contributed by atoms with Crippen LogP contribution in [0.1, 0.15) is 16.1 Å². The Labute approximate surface area is 180 Å². The van der Waals surface area contributed by atoms with Crippen molar-refractivity contribution in [1.29, 1.82) is 0 Å². The molecule has 1 aliphatic heterocycles. The predicted octanol–water partition coefficient (Wildman–Crippen LogP) is 4.77. The standard InChI is InChI=1S/C21H19F3N4O2S/c1-13-5-6-16-18(27-14-3-2-4-15(11-14)30-21(22,23)24)17(12-25-19(16)26-13)20(29)28-7-9-31-10-8-28/h2-6,11-12H,7-10H2,1H3,(H,25,26,27). The van der Waals surface area contributed by atoms with E-state index in [1.807, 2.05) is 6.92 Å². The van der Waals surface area contributed by atoms with Crippen LogP contribution in [0.2, 0.25) is 0 Å². The number of benzene rings is 1. The number of halogens is 3. The van der Waals surface area contributed by atoms with Crippen LogP contribution in [0.25, 0.3) is 11.0 Å². The number of nitrogens with one attached hydrogen (secondary N) is 1. The van der Waals surface area contributed by atoms with Crippen LogP contribution < -0.4 is 10.1 Å². The molecule has 0 atom stereocenters. The first kappa shape index (κ1) is 21.2. The van der Waals surface area contributed by atoms with Crippen LogP contribution >= 0.6 is 11.8 Å². The van der Waals surface area contributed by atoms with Gasteiger partial charge in [-0.1, -0.05) is 6.07 Å². The van der Waals surface area contributed by atoms with Crippen LogP contribution in [0.4, 0.5) is 24.5 Å². The summed E-state index contributed by atoms with van der Waals surface area (Å²) in [6, 6.07) is 9.08. The molecule has 4 rings (SSSR count). The van der Waals surface area contributed by atoms with Crippen molar-refractivity contribution in [2.45, 2.75) is 13.3 Å². The van der Waals surface area contributed by atoms with Gasteiger partial charge in [0, 0.05) is 53.6 Å². The molecule has 0 radical (unpaired) electrons. The van der Waals surface area contributed by atoms with Crippen molar-refractivity contribution in [1.82, 2.24) is 14.9 Å². The zero-order valence-corrected chi connectivity index (χ0v) is 17.4. The summed E-state index contributed by atoms with van der Waals surface area (Å²) >= 11 is 1.79. The molecule has 1 amide bonds. The van der Waals surface area contributed by atoms with Gasteiger partial charge in [0.25, 0.3) is 5.91 Å². The Morgan fingerprint density at radius 3 is 2.71 bits per heavy atom. The summed E-state index contributed by atoms with van der Waals surface area (Å²) in [4.78, 5) is 23.7. The van der Waals surface area contributed by atoms with Gasteiger partial charge < -0.3 is 15.0 Å². The third kappa shape index (κ3) is 5.01. The van der Waals surface area contributed by atoms with E-state index in [-0.39, 0.29) is 11.7 Å². The van der Waals surface area contributed by atoms with E-state index < -0.39 is 6.36 Å². The molecule has 162 valence electrons. The summed E-state index contributed by atoms with van der Waals surface area (Å²) in [7, 11) is 0. The summed E-state index contributed by atoms with van der Waals surface area (Å²) in [6.07, 6.45) is -3.33. The van der Waals surface area contributed by atoms with Gasteiger partial charge in [0.05, 0.1) is 11.3 Å². The lowest BCUT2D eigenvalue weighted by atomic mass is 10.1. The Hall–Kier alpha value is -3.01. The molecule has 0 saturated carbocycles. The van der Waals surface area contributed by atoms with Gasteiger partial charge in [-0.05, 0) is 31.2 Å². The molecule has 1 fully saturated rings. The van der Waals surface area contributed by atoms with Crippen LogP contribution in [0.15, 0.2) is 42.6 Å². The minimum absolute atomic E-state index is 0.180. The van der Waals surface area contributed by atoms with Crippen molar-refractivity contribution in [3.05, 3.63) is 53.9 Å². The normalized spacial score (nSPS) is 14.5. The second-order valence-corrected chi connectivity index (χ2v) is 8.20. The van der Waals surface area contributed by atoms with Crippen molar-refractivity contribution in [2.75, 3.05) is 29.9 Å². The molecule has 1 N–H and O–H groups in total. The van der Waals surface area contributed by atoms with Crippen molar-refractivity contribution < 1.29 is 22.7 Å². The van der Waals surface area contributed by atoms with E-state index >= 15 is 0 Å². The van der Waals surface area contributed by atoms with Crippen molar-refractivity contribution >= 4 is 40.1 Å². The maximum atomic E-state index is 13.2. The minimum Gasteiger partial charge on any atom is -0.406 e. The van der Waals surface area contributed by atoms with Crippen molar-refractivity contribution in [3.8, 4) is 5.75 Å². The lowest BCUT2D eigenvalue weighted by Gasteiger charge is -2.27. The molecule has 3 heterocycles. The highest BCUT2D eigenvalue weighted by molar-refractivity contribution is 7.99. The van der Waals surface area contributed by atoms with Crippen LogP contribution in [-0.2, 0) is 0 Å². The molecule has 6 nitrogen and oxygen atoms in total. The molecular formula is C21H19F3N4O2S. The second kappa shape index (κ2) is 8.62. The first-order valence-electron chi connectivity index (χ1n) is 9.56. The maximum absolute atomic E-state index is 13.2. The monoisotopic (exact) mass is 448 g/mol. The van der Waals surface area contributed by atoms with Gasteiger partial charge in [0.15, 0.2) is 5.65 Å². The number of alkyl halides is 3. The van der Waals surface area contributed by atoms with Crippen LogP contribution in [-0.4, -0.2) is 51.7 Å². The zero-order valence-electron chi connectivity index (χ0n) is 16.6. The lowest BCUT2D eigenvalue weighted by Crippen LogP contribution is -2.38. The van der Waals surface area contributed by atoms with E-state index in [4.69, 9.17) is 0 Å². The third-order valence-corrected chi connectivity index (χ3v) is 5.68. The number of nitrogens with zero attached hydrogens (tertiary/aromatic N) is 3. The molecule has 3 aromatic rings. The summed E-state index contributed by atoms with van der Waals surface area (Å²) in [5, 5.41) is 3.70. The number of carbonyl (C=O) groups excluding carboxylic acids is 1. The summed E-state index contributed by atoms with van der Waals surface area (Å²) in [5.74, 6) is 1.17. The third-order valence-electron chi connectivity index (χ3n) is 4.73. The van der Waals surface area contributed by atoms with Gasteiger partial charge >= 0.3 is 6.36 Å². The van der Waals surface area contributed by atoms with Gasteiger partial charge in [-0.2, -0.15) is 11.8 Å². The topological polar surface area (TPSA) is 67.3 Å². The molecule has 2 aromatic heterocycles. The molecule has 1 aliphatic rings. The average Bonchev–Trinajstić information content (AvgIpc) is 2.73. The number of hydrogen-bond acceptors (Lipinski definition) is 6. The van der Waals surface area contributed by atoms with Gasteiger partial charge in [0.1, 0.15) is 5.75 Å². The number of pyridine rings is 2. The number of anilines is 2. The maximum Gasteiger partial charge on any atom is 0.573 e. The number of amides is 1. The highest BCUT2D eigenvalue weighted by atomic mass is 32.2. The number of carbonyl (C=O) groups is 1. The van der Waals surface area contributed by atoms with E-state index in [2.05, 4.69) is 20.0 Å². The van der Waals surface area contributed by atoms with E-state index in [0.717, 1.165) is 17.2 Å². The highest BCUT2D eigenvalue weighted by Gasteiger charge is 2.31. The average molecular weight is 448 g/mol. The summed E-state index contributed by atoms with van der Waals surface area (Å²) in [5.41, 5.74) is 2.34. The molecule has 31 heavy (non-hydrogen) atoms. The van der Waals surface area contributed by atoms with Crippen LogP contribution in [0, 0.1) is 6.92 Å². The number of ether oxygens (including phenoxy) is 1. The molecule has 10 heteroatoms. The molecule has 0 aliphatic carbocycles. The summed E-state index contributed by atoms with van der Waals surface area (Å²) in [6.45, 7) is 3.08. The molecule has 0 bridgehead atoms. The number of fused-ring (bicyclic) bond motifs is 1. The van der Waals surface area contributed by atoms with Gasteiger partial charge in [0.2, 0.25) is 0 Å². The Morgan fingerprint density at radius 1 is 1.19 bits per heavy atom. The lowest BCUT2D eigenvalue weighted by molar-refractivity contribution is -0.274. The van der Waals surface area contributed by atoms with Crippen LogP contribution in [0.3, 0.4) is 0 Å². The van der Waals surface area contributed by atoms with E-state index in [1.165, 1.54) is 24.4 Å². The second-order valence-electron chi connectivity index (χ2n) is 6.98. The quantitative estimate of drug-likeness (QED) is 0.620. The van der Waals surface area contributed by atoms with E-state index in [9.17, 15) is 18.0 Å². The Balaban J connectivity index is 1.76. The molecule has 1 saturated heterocycles. The fraction of sp³-hybridized carbons (Fsp3) is 0.286. The largest absolute Gasteiger partial charge is 0.573 e.